The Balaban J connectivity index is 5.23. The number of unbranched alkanes of at least 4 members (excludes halogenated alkanes) is 45. The van der Waals surface area contributed by atoms with Crippen molar-refractivity contribution in [3.63, 3.8) is 0 Å². The molecule has 0 bridgehead atoms. The zero-order chi connectivity index (χ0) is 69.0. The molecule has 0 saturated heterocycles. The van der Waals surface area contributed by atoms with Crippen LogP contribution in [0.2, 0.25) is 0 Å². The quantitative estimate of drug-likeness (QED) is 0.0169. The van der Waals surface area contributed by atoms with E-state index in [9.17, 15) is 43.2 Å². The first-order valence-corrected chi connectivity index (χ1v) is 41.6. The molecule has 3 N–H and O–H groups in total. The lowest BCUT2D eigenvalue weighted by atomic mass is 10.0. The van der Waals surface area contributed by atoms with Gasteiger partial charge in [-0.25, -0.2) is 9.13 Å². The third kappa shape index (κ3) is 68.1. The number of hydrogen-bond donors (Lipinski definition) is 3. The average Bonchev–Trinajstić information content (AvgIpc) is 1.81. The number of phosphoric acid groups is 2. The van der Waals surface area contributed by atoms with Gasteiger partial charge in [0.25, 0.3) is 0 Å². The Labute approximate surface area is 573 Å². The smallest absolute Gasteiger partial charge is 0.462 e. The second-order valence-corrected chi connectivity index (χ2v) is 29.3. The molecule has 0 aliphatic carbocycles. The Bertz CT molecular complexity index is 1880. The molecule has 0 aliphatic rings. The van der Waals surface area contributed by atoms with Gasteiger partial charge >= 0.3 is 39.5 Å². The van der Waals surface area contributed by atoms with Crippen LogP contribution in [0.5, 0.6) is 0 Å². The van der Waals surface area contributed by atoms with E-state index in [1.165, 1.54) is 173 Å². The molecule has 0 aromatic carbocycles. The fraction of sp³-hybridized carbons (Fsp3) is 0.893. The SMILES string of the molecule is CCCCCC/C=C\C=C/CCCCCCCC(=O)OC[C@H](COP(=O)(O)OC[C@@H](O)COP(=O)(O)OC[C@@H](COC(=O)CCCCCCCCC)OC(=O)CCCCCCCCCCCCCCCCC)OC(=O)CCCCCCCCCCCCCCCCCCC. The van der Waals surface area contributed by atoms with Gasteiger partial charge in [0.1, 0.15) is 19.3 Å². The minimum absolute atomic E-state index is 0.102. The molecule has 0 radical (unpaired) electrons. The van der Waals surface area contributed by atoms with E-state index in [-0.39, 0.29) is 25.7 Å². The number of carbonyl (C=O) groups excluding carboxylic acids is 4. The summed E-state index contributed by atoms with van der Waals surface area (Å²) in [5.74, 6) is -2.15. The summed E-state index contributed by atoms with van der Waals surface area (Å²) in [5.41, 5.74) is 0. The monoisotopic (exact) mass is 1380 g/mol. The number of aliphatic hydroxyl groups excluding tert-OH is 1. The van der Waals surface area contributed by atoms with Crippen molar-refractivity contribution in [2.24, 2.45) is 0 Å². The highest BCUT2D eigenvalue weighted by molar-refractivity contribution is 7.47. The first kappa shape index (κ1) is 91.5. The summed E-state index contributed by atoms with van der Waals surface area (Å²) in [6.45, 7) is 4.88. The molecule has 0 aromatic heterocycles. The first-order chi connectivity index (χ1) is 45.7. The zero-order valence-corrected chi connectivity index (χ0v) is 62.2. The number of ether oxygens (including phenoxy) is 4. The van der Waals surface area contributed by atoms with E-state index < -0.39 is 97.5 Å². The topological polar surface area (TPSA) is 237 Å². The van der Waals surface area contributed by atoms with E-state index in [1.54, 1.807) is 0 Å². The number of aliphatic hydroxyl groups is 1. The molecule has 0 spiro atoms. The van der Waals surface area contributed by atoms with Crippen LogP contribution in [-0.2, 0) is 65.4 Å². The molecule has 0 amide bonds. The average molecular weight is 1380 g/mol. The van der Waals surface area contributed by atoms with Crippen molar-refractivity contribution >= 4 is 39.5 Å². The molecule has 0 rings (SSSR count). The van der Waals surface area contributed by atoms with Crippen molar-refractivity contribution in [2.45, 2.75) is 393 Å². The van der Waals surface area contributed by atoms with Crippen molar-refractivity contribution in [1.82, 2.24) is 0 Å². The maximum Gasteiger partial charge on any atom is 0.472 e. The Morgan fingerprint density at radius 2 is 0.511 bits per heavy atom. The molecule has 0 heterocycles. The number of rotatable bonds is 74. The van der Waals surface area contributed by atoms with Crippen LogP contribution >= 0.6 is 15.6 Å². The molecule has 0 aromatic rings. The number of hydrogen-bond acceptors (Lipinski definition) is 15. The summed E-state index contributed by atoms with van der Waals surface area (Å²) in [5, 5.41) is 10.6. The Morgan fingerprint density at radius 1 is 0.298 bits per heavy atom. The summed E-state index contributed by atoms with van der Waals surface area (Å²) < 4.78 is 68.3. The summed E-state index contributed by atoms with van der Waals surface area (Å²) in [6, 6.07) is 0. The highest BCUT2D eigenvalue weighted by Gasteiger charge is 2.30. The lowest BCUT2D eigenvalue weighted by Gasteiger charge is -2.21. The Hall–Kier alpha value is -2.46. The maximum atomic E-state index is 13.1. The standard InChI is InChI=1S/C75H142O17P2/c1-5-9-13-17-21-24-27-30-33-34-37-40-43-46-50-54-58-62-75(80)92-71(66-86-73(78)60-56-52-48-44-41-38-35-31-28-25-22-18-14-10-6-2)68-90-94(83,84)88-64-69(76)63-87-93(81,82)89-67-70(65-85-72(77)59-55-51-47-20-16-12-8-4)91-74(79)61-57-53-49-45-42-39-36-32-29-26-23-19-15-11-7-3/h25,28,31,35,69-71,76H,5-24,26-27,29-30,32-34,36-68H2,1-4H3,(H,81,82)(H,83,84)/b28-25-,35-31-/t69-,70+,71+/m0/s1. The predicted molar refractivity (Wildman–Crippen MR) is 381 cm³/mol. The van der Waals surface area contributed by atoms with Crippen molar-refractivity contribution in [3.05, 3.63) is 24.3 Å². The highest BCUT2D eigenvalue weighted by atomic mass is 31.2. The predicted octanol–water partition coefficient (Wildman–Crippen LogP) is 21.8. The second-order valence-electron chi connectivity index (χ2n) is 26.4. The number of phosphoric ester groups is 2. The van der Waals surface area contributed by atoms with E-state index in [0.717, 1.165) is 122 Å². The van der Waals surface area contributed by atoms with E-state index in [4.69, 9.17) is 37.0 Å². The van der Waals surface area contributed by atoms with E-state index in [2.05, 4.69) is 52.0 Å². The first-order valence-electron chi connectivity index (χ1n) is 38.6. The molecule has 94 heavy (non-hydrogen) atoms. The fourth-order valence-electron chi connectivity index (χ4n) is 11.0. The summed E-state index contributed by atoms with van der Waals surface area (Å²) in [4.78, 5) is 72.6. The van der Waals surface area contributed by atoms with Crippen LogP contribution in [0, 0.1) is 0 Å². The van der Waals surface area contributed by atoms with Crippen LogP contribution in [-0.4, -0.2) is 96.7 Å². The van der Waals surface area contributed by atoms with Gasteiger partial charge < -0.3 is 33.8 Å². The third-order valence-electron chi connectivity index (χ3n) is 17.0. The maximum absolute atomic E-state index is 13.1. The van der Waals surface area contributed by atoms with Crippen LogP contribution in [0.15, 0.2) is 24.3 Å². The third-order valence-corrected chi connectivity index (χ3v) is 18.9. The van der Waals surface area contributed by atoms with Gasteiger partial charge in [0, 0.05) is 25.7 Å². The molecule has 2 unspecified atom stereocenters. The lowest BCUT2D eigenvalue weighted by molar-refractivity contribution is -0.161. The molecule has 0 saturated carbocycles. The van der Waals surface area contributed by atoms with Gasteiger partial charge in [0.15, 0.2) is 12.2 Å². The van der Waals surface area contributed by atoms with Gasteiger partial charge in [-0.15, -0.1) is 0 Å². The van der Waals surface area contributed by atoms with Crippen LogP contribution in [0.25, 0.3) is 0 Å². The van der Waals surface area contributed by atoms with Crippen LogP contribution in [0.3, 0.4) is 0 Å². The van der Waals surface area contributed by atoms with E-state index in [0.29, 0.717) is 25.7 Å². The molecule has 17 nitrogen and oxygen atoms in total. The summed E-state index contributed by atoms with van der Waals surface area (Å²) in [6.07, 6.45) is 61.9. The van der Waals surface area contributed by atoms with Crippen molar-refractivity contribution < 1.29 is 80.2 Å². The zero-order valence-electron chi connectivity index (χ0n) is 60.4. The summed E-state index contributed by atoms with van der Waals surface area (Å²) >= 11 is 0. The summed E-state index contributed by atoms with van der Waals surface area (Å²) in [7, 11) is -9.91. The van der Waals surface area contributed by atoms with Gasteiger partial charge in [-0.3, -0.25) is 37.3 Å². The number of esters is 4. The Kier molecular flexibility index (Phi) is 67.2. The molecular formula is C75H142O17P2. The van der Waals surface area contributed by atoms with E-state index in [1.807, 2.05) is 0 Å². The van der Waals surface area contributed by atoms with Crippen LogP contribution in [0.1, 0.15) is 374 Å². The van der Waals surface area contributed by atoms with Gasteiger partial charge in [0.05, 0.1) is 26.4 Å². The minimum Gasteiger partial charge on any atom is -0.462 e. The van der Waals surface area contributed by atoms with Gasteiger partial charge in [-0.05, 0) is 51.4 Å². The second kappa shape index (κ2) is 69.0. The van der Waals surface area contributed by atoms with Crippen LogP contribution in [0.4, 0.5) is 0 Å². The molecule has 0 fully saturated rings. The molecule has 19 heteroatoms. The normalized spacial score (nSPS) is 14.1. The number of carbonyl (C=O) groups is 4. The van der Waals surface area contributed by atoms with E-state index >= 15 is 0 Å². The number of allylic oxidation sites excluding steroid dienone is 4. The highest BCUT2D eigenvalue weighted by Crippen LogP contribution is 2.45. The van der Waals surface area contributed by atoms with Gasteiger partial charge in [-0.2, -0.15) is 0 Å². The molecular weight excluding hydrogens is 1230 g/mol. The molecule has 5 atom stereocenters. The van der Waals surface area contributed by atoms with Gasteiger partial charge in [-0.1, -0.05) is 322 Å². The minimum atomic E-state index is -4.96. The van der Waals surface area contributed by atoms with Gasteiger partial charge in [0.2, 0.25) is 0 Å². The van der Waals surface area contributed by atoms with Crippen molar-refractivity contribution in [2.75, 3.05) is 39.6 Å². The Morgan fingerprint density at radius 3 is 0.777 bits per heavy atom. The largest absolute Gasteiger partial charge is 0.472 e. The molecule has 0 aliphatic heterocycles. The molecule has 554 valence electrons. The van der Waals surface area contributed by atoms with Crippen molar-refractivity contribution in [3.8, 4) is 0 Å². The fourth-order valence-corrected chi connectivity index (χ4v) is 12.6. The van der Waals surface area contributed by atoms with Crippen LogP contribution < -0.4 is 0 Å². The lowest BCUT2D eigenvalue weighted by Crippen LogP contribution is -2.30. The van der Waals surface area contributed by atoms with Crippen molar-refractivity contribution in [1.29, 1.82) is 0 Å².